The van der Waals surface area contributed by atoms with Gasteiger partial charge in [0.2, 0.25) is 0 Å². The summed E-state index contributed by atoms with van der Waals surface area (Å²) < 4.78 is 2.44. The third kappa shape index (κ3) is 5.11. The first-order chi connectivity index (χ1) is 32.2. The molecule has 0 saturated heterocycles. The van der Waals surface area contributed by atoms with Gasteiger partial charge >= 0.3 is 0 Å². The average Bonchev–Trinajstić information content (AvgIpc) is 3.98. The summed E-state index contributed by atoms with van der Waals surface area (Å²) in [6.07, 6.45) is 0. The number of para-hydroxylation sites is 2. The molecule has 2 heteroatoms. The fourth-order valence-electron chi connectivity index (χ4n) is 11.6. The molecule has 1 atom stereocenters. The summed E-state index contributed by atoms with van der Waals surface area (Å²) in [5, 5.41) is 7.49. The lowest BCUT2D eigenvalue weighted by molar-refractivity contribution is 0.794. The van der Waals surface area contributed by atoms with Gasteiger partial charge in [-0.3, -0.25) is 0 Å². The second-order valence-electron chi connectivity index (χ2n) is 17.6. The minimum absolute atomic E-state index is 0.485. The number of rotatable bonds is 5. The Bertz CT molecular complexity index is 3820. The third-order valence-corrected chi connectivity index (χ3v) is 14.3. The first-order valence-corrected chi connectivity index (χ1v) is 22.6. The van der Waals surface area contributed by atoms with Crippen LogP contribution in [0.1, 0.15) is 22.3 Å². The van der Waals surface area contributed by atoms with E-state index in [1.807, 2.05) is 0 Å². The van der Waals surface area contributed by atoms with Crippen molar-refractivity contribution in [2.45, 2.75) is 5.41 Å². The monoisotopic (exact) mass is 824 g/mol. The Hall–Kier alpha value is -8.46. The smallest absolute Gasteiger partial charge is 0.0726 e. The maximum absolute atomic E-state index is 2.50. The van der Waals surface area contributed by atoms with Crippen LogP contribution in [0.3, 0.4) is 0 Å². The summed E-state index contributed by atoms with van der Waals surface area (Å²) in [6, 6.07) is 90.1. The van der Waals surface area contributed by atoms with Crippen LogP contribution in [0.15, 0.2) is 243 Å². The lowest BCUT2D eigenvalue weighted by Crippen LogP contribution is -2.25. The Kier molecular flexibility index (Phi) is 7.64. The summed E-state index contributed by atoms with van der Waals surface area (Å²) in [7, 11) is 0. The number of fused-ring (bicyclic) bond motifs is 16. The Morgan fingerprint density at radius 1 is 0.323 bits per heavy atom. The zero-order valence-corrected chi connectivity index (χ0v) is 35.5. The minimum atomic E-state index is -0.485. The molecule has 0 bridgehead atoms. The summed E-state index contributed by atoms with van der Waals surface area (Å²) in [5.41, 5.74) is 19.5. The van der Waals surface area contributed by atoms with Crippen LogP contribution in [-0.2, 0) is 5.41 Å². The molecule has 0 fully saturated rings. The van der Waals surface area contributed by atoms with Gasteiger partial charge in [0.25, 0.3) is 0 Å². The third-order valence-electron chi connectivity index (χ3n) is 14.3. The van der Waals surface area contributed by atoms with E-state index in [4.69, 9.17) is 0 Å². The quantitative estimate of drug-likeness (QED) is 0.168. The van der Waals surface area contributed by atoms with Crippen LogP contribution in [0, 0.1) is 0 Å². The van der Waals surface area contributed by atoms with Gasteiger partial charge in [-0.2, -0.15) is 0 Å². The largest absolute Gasteiger partial charge is 0.310 e. The highest BCUT2D eigenvalue weighted by atomic mass is 15.1. The second-order valence-corrected chi connectivity index (χ2v) is 17.6. The minimum Gasteiger partial charge on any atom is -0.310 e. The Labute approximate surface area is 377 Å². The van der Waals surface area contributed by atoms with E-state index in [-0.39, 0.29) is 0 Å². The molecule has 1 unspecified atom stereocenters. The van der Waals surface area contributed by atoms with Crippen molar-refractivity contribution in [3.05, 3.63) is 265 Å². The maximum Gasteiger partial charge on any atom is 0.0726 e. The van der Waals surface area contributed by atoms with Crippen LogP contribution < -0.4 is 4.90 Å². The van der Waals surface area contributed by atoms with Crippen molar-refractivity contribution in [2.24, 2.45) is 0 Å². The van der Waals surface area contributed by atoms with Crippen LogP contribution in [-0.4, -0.2) is 4.57 Å². The van der Waals surface area contributed by atoms with Crippen molar-refractivity contribution < 1.29 is 0 Å². The van der Waals surface area contributed by atoms with E-state index in [9.17, 15) is 0 Å². The fourth-order valence-corrected chi connectivity index (χ4v) is 11.6. The summed E-state index contributed by atoms with van der Waals surface area (Å²) >= 11 is 0. The maximum atomic E-state index is 2.50. The normalized spacial score (nSPS) is 14.5. The Balaban J connectivity index is 0.953. The zero-order valence-electron chi connectivity index (χ0n) is 35.5. The van der Waals surface area contributed by atoms with Crippen LogP contribution in [0.5, 0.6) is 0 Å². The van der Waals surface area contributed by atoms with Crippen LogP contribution in [0.2, 0.25) is 0 Å². The molecule has 1 heterocycles. The van der Waals surface area contributed by atoms with E-state index < -0.39 is 5.41 Å². The molecule has 302 valence electrons. The molecule has 2 aliphatic rings. The van der Waals surface area contributed by atoms with Gasteiger partial charge in [0.15, 0.2) is 0 Å². The van der Waals surface area contributed by atoms with Gasteiger partial charge in [0, 0.05) is 33.5 Å². The number of benzene rings is 11. The molecule has 0 saturated carbocycles. The van der Waals surface area contributed by atoms with Crippen molar-refractivity contribution in [1.29, 1.82) is 0 Å². The Morgan fingerprint density at radius 2 is 0.877 bits per heavy atom. The lowest BCUT2D eigenvalue weighted by Gasteiger charge is -2.31. The molecule has 2 nitrogen and oxygen atoms in total. The van der Waals surface area contributed by atoms with Gasteiger partial charge in [-0.1, -0.05) is 176 Å². The van der Waals surface area contributed by atoms with Crippen molar-refractivity contribution in [1.82, 2.24) is 4.57 Å². The van der Waals surface area contributed by atoms with Crippen molar-refractivity contribution in [2.75, 3.05) is 4.90 Å². The van der Waals surface area contributed by atoms with Gasteiger partial charge in [0.1, 0.15) is 0 Å². The van der Waals surface area contributed by atoms with Gasteiger partial charge in [-0.15, -0.1) is 0 Å². The summed E-state index contributed by atoms with van der Waals surface area (Å²) in [6.45, 7) is 0. The highest BCUT2D eigenvalue weighted by molar-refractivity contribution is 6.19. The van der Waals surface area contributed by atoms with Gasteiger partial charge in [-0.25, -0.2) is 0 Å². The van der Waals surface area contributed by atoms with Gasteiger partial charge in [-0.05, 0) is 144 Å². The molecular formula is C63H40N2. The summed E-state index contributed by atoms with van der Waals surface area (Å²) in [4.78, 5) is 2.39. The van der Waals surface area contributed by atoms with Crippen molar-refractivity contribution >= 4 is 60.4 Å². The second kappa shape index (κ2) is 13.8. The molecule has 1 spiro atoms. The van der Waals surface area contributed by atoms with Crippen molar-refractivity contribution in [3.63, 3.8) is 0 Å². The SMILES string of the molecule is c1ccc(-n2c3ccccc3c3c4c(ccc32)C2(c3ccccc3-c3ccc(-c5ccc(N(c6ccc7ccccc7c6)c6ccc7ccccc7c6)cc5)cc32)c2ccccc2-4)cc1. The molecule has 12 aromatic rings. The first-order valence-electron chi connectivity index (χ1n) is 22.6. The molecule has 2 aliphatic carbocycles. The van der Waals surface area contributed by atoms with Gasteiger partial charge < -0.3 is 9.47 Å². The molecule has 0 aliphatic heterocycles. The topological polar surface area (TPSA) is 8.17 Å². The molecule has 65 heavy (non-hydrogen) atoms. The molecule has 0 radical (unpaired) electrons. The number of nitrogens with zero attached hydrogens (tertiary/aromatic N) is 2. The lowest BCUT2D eigenvalue weighted by atomic mass is 9.70. The Morgan fingerprint density at radius 3 is 1.60 bits per heavy atom. The van der Waals surface area contributed by atoms with E-state index in [0.29, 0.717) is 0 Å². The molecular weight excluding hydrogens is 785 g/mol. The van der Waals surface area contributed by atoms with Crippen LogP contribution in [0.25, 0.3) is 82.4 Å². The molecule has 0 amide bonds. The van der Waals surface area contributed by atoms with E-state index in [1.165, 1.54) is 105 Å². The molecule has 1 aromatic heterocycles. The van der Waals surface area contributed by atoms with E-state index >= 15 is 0 Å². The fraction of sp³-hybridized carbons (Fsp3) is 0.0159. The molecule has 14 rings (SSSR count). The van der Waals surface area contributed by atoms with Crippen LogP contribution in [0.4, 0.5) is 17.1 Å². The predicted molar refractivity (Wildman–Crippen MR) is 272 cm³/mol. The number of hydrogen-bond acceptors (Lipinski definition) is 1. The van der Waals surface area contributed by atoms with Gasteiger partial charge in [0.05, 0.1) is 16.4 Å². The average molecular weight is 825 g/mol. The van der Waals surface area contributed by atoms with E-state index in [0.717, 1.165) is 17.1 Å². The van der Waals surface area contributed by atoms with Crippen LogP contribution >= 0.6 is 0 Å². The number of anilines is 3. The first kappa shape index (κ1) is 36.1. The van der Waals surface area contributed by atoms with E-state index in [2.05, 4.69) is 252 Å². The predicted octanol–water partition coefficient (Wildman–Crippen LogP) is 16.6. The number of hydrogen-bond donors (Lipinski definition) is 0. The molecule has 11 aromatic carbocycles. The highest BCUT2D eigenvalue weighted by Crippen LogP contribution is 2.64. The molecule has 0 N–H and O–H groups in total. The highest BCUT2D eigenvalue weighted by Gasteiger charge is 2.52. The number of aromatic nitrogens is 1. The van der Waals surface area contributed by atoms with E-state index in [1.54, 1.807) is 0 Å². The summed E-state index contributed by atoms with van der Waals surface area (Å²) in [5.74, 6) is 0. The standard InChI is InChI=1S/C63H40N2/c1-2-18-47(19-3-1)65-59-25-13-10-22-54(59)62-60(65)37-36-57-61(62)53-21-9-12-24-56(53)63(57)55-23-11-8-20-51(55)52-35-30-46(40-58(52)63)43-26-31-48(32-27-43)64(49-33-28-41-14-4-6-16-44(41)38-49)50-34-29-42-15-5-7-17-45(42)39-50/h1-40H. The van der Waals surface area contributed by atoms with Crippen molar-refractivity contribution in [3.8, 4) is 39.1 Å². The zero-order chi connectivity index (χ0) is 42.6.